The zero-order valence-corrected chi connectivity index (χ0v) is 19.8. The van der Waals surface area contributed by atoms with Gasteiger partial charge in [-0.2, -0.15) is 4.31 Å². The summed E-state index contributed by atoms with van der Waals surface area (Å²) in [7, 11) is -3.82. The molecule has 3 aromatic rings. The van der Waals surface area contributed by atoms with Gasteiger partial charge in [0, 0.05) is 22.5 Å². The molecule has 1 fully saturated rings. The van der Waals surface area contributed by atoms with E-state index >= 15 is 0 Å². The molecule has 11 heteroatoms. The Hall–Kier alpha value is -2.66. The van der Waals surface area contributed by atoms with Crippen molar-refractivity contribution in [2.75, 3.05) is 25.1 Å². The lowest BCUT2D eigenvalue weighted by Crippen LogP contribution is -2.43. The Bertz CT molecular complexity index is 1290. The molecule has 0 aliphatic carbocycles. The van der Waals surface area contributed by atoms with Gasteiger partial charge in [0.1, 0.15) is 19.3 Å². The van der Waals surface area contributed by atoms with Gasteiger partial charge in [-0.15, -0.1) is 11.3 Å². The number of nitrogens with zero attached hydrogens (tertiary/aromatic N) is 2. The largest absolute Gasteiger partial charge is 0.486 e. The van der Waals surface area contributed by atoms with Crippen molar-refractivity contribution in [2.24, 2.45) is 0 Å². The van der Waals surface area contributed by atoms with Gasteiger partial charge in [0.05, 0.1) is 10.6 Å². The van der Waals surface area contributed by atoms with Crippen LogP contribution >= 0.6 is 22.9 Å². The predicted molar refractivity (Wildman–Crippen MR) is 126 cm³/mol. The number of sulfonamides is 1. The third-order valence-corrected chi connectivity index (χ3v) is 8.43. The molecule has 3 heterocycles. The highest BCUT2D eigenvalue weighted by Gasteiger charge is 2.39. The van der Waals surface area contributed by atoms with Crippen molar-refractivity contribution in [2.45, 2.75) is 23.8 Å². The van der Waals surface area contributed by atoms with Crippen LogP contribution in [0.3, 0.4) is 0 Å². The van der Waals surface area contributed by atoms with Crippen molar-refractivity contribution in [3.8, 4) is 22.8 Å². The Morgan fingerprint density at radius 3 is 2.67 bits per heavy atom. The van der Waals surface area contributed by atoms with Crippen molar-refractivity contribution in [1.82, 2.24) is 9.29 Å². The van der Waals surface area contributed by atoms with E-state index in [1.165, 1.54) is 39.9 Å². The molecule has 1 unspecified atom stereocenters. The second-order valence-electron chi connectivity index (χ2n) is 7.61. The topological polar surface area (TPSA) is 97.8 Å². The maximum absolute atomic E-state index is 13.1. The van der Waals surface area contributed by atoms with E-state index < -0.39 is 22.0 Å². The Balaban J connectivity index is 1.31. The Kier molecular flexibility index (Phi) is 6.00. The minimum atomic E-state index is -3.82. The number of amides is 1. The SMILES string of the molecule is O=C(Nc1nc(-c2ccc3c(c2)OCCO3)cs1)C1CCCN1S(=O)(=O)c1ccc(Cl)cc1. The third kappa shape index (κ3) is 4.43. The quantitative estimate of drug-likeness (QED) is 0.562. The maximum Gasteiger partial charge on any atom is 0.244 e. The number of hydrogen-bond acceptors (Lipinski definition) is 7. The van der Waals surface area contributed by atoms with Crippen molar-refractivity contribution in [3.63, 3.8) is 0 Å². The number of fused-ring (bicyclic) bond motifs is 1. The monoisotopic (exact) mass is 505 g/mol. The lowest BCUT2D eigenvalue weighted by Gasteiger charge is -2.23. The Morgan fingerprint density at radius 2 is 1.88 bits per heavy atom. The number of rotatable bonds is 5. The van der Waals surface area contributed by atoms with Crippen molar-refractivity contribution >= 4 is 44.0 Å². The maximum atomic E-state index is 13.1. The molecule has 8 nitrogen and oxygen atoms in total. The summed E-state index contributed by atoms with van der Waals surface area (Å²) in [6.45, 7) is 1.29. The summed E-state index contributed by atoms with van der Waals surface area (Å²) in [6.07, 6.45) is 1.05. The average molecular weight is 506 g/mol. The summed E-state index contributed by atoms with van der Waals surface area (Å²) in [5.74, 6) is 0.955. The number of hydrogen-bond donors (Lipinski definition) is 1. The highest BCUT2D eigenvalue weighted by molar-refractivity contribution is 7.89. The molecule has 2 aliphatic heterocycles. The molecule has 1 N–H and O–H groups in total. The highest BCUT2D eigenvalue weighted by Crippen LogP contribution is 2.35. The normalized spacial score (nSPS) is 18.3. The van der Waals surface area contributed by atoms with E-state index in [9.17, 15) is 13.2 Å². The molecule has 0 bridgehead atoms. The highest BCUT2D eigenvalue weighted by atomic mass is 35.5. The average Bonchev–Trinajstić information content (AvgIpc) is 3.49. The number of anilines is 1. The van der Waals surface area contributed by atoms with Gasteiger partial charge in [-0.3, -0.25) is 4.79 Å². The molecule has 0 spiro atoms. The van der Waals surface area contributed by atoms with Crippen molar-refractivity contribution in [3.05, 3.63) is 52.9 Å². The number of carbonyl (C=O) groups excluding carboxylic acids is 1. The molecule has 5 rings (SSSR count). The minimum Gasteiger partial charge on any atom is -0.486 e. The molecule has 172 valence electrons. The van der Waals surface area contributed by atoms with Crippen LogP contribution in [0.4, 0.5) is 5.13 Å². The van der Waals surface area contributed by atoms with Gasteiger partial charge >= 0.3 is 0 Å². The molecule has 1 aromatic heterocycles. The summed E-state index contributed by atoms with van der Waals surface area (Å²) >= 11 is 7.16. The number of nitrogens with one attached hydrogen (secondary N) is 1. The van der Waals surface area contributed by atoms with E-state index in [0.717, 1.165) is 5.56 Å². The van der Waals surface area contributed by atoms with E-state index in [-0.39, 0.29) is 11.4 Å². The first kappa shape index (κ1) is 22.1. The van der Waals surface area contributed by atoms with Gasteiger partial charge in [-0.25, -0.2) is 13.4 Å². The molecule has 1 atom stereocenters. The number of aromatic nitrogens is 1. The van der Waals surface area contributed by atoms with Crippen LogP contribution in [0.15, 0.2) is 52.7 Å². The molecule has 2 aromatic carbocycles. The fourth-order valence-corrected chi connectivity index (χ4v) is 6.39. The fourth-order valence-electron chi connectivity index (χ4n) is 3.89. The van der Waals surface area contributed by atoms with Crippen LogP contribution in [0.5, 0.6) is 11.5 Å². The molecule has 0 radical (unpaired) electrons. The predicted octanol–water partition coefficient (Wildman–Crippen LogP) is 4.03. The molecular weight excluding hydrogens is 486 g/mol. The first-order chi connectivity index (χ1) is 15.9. The molecule has 0 saturated carbocycles. The molecule has 1 amide bonds. The molecule has 33 heavy (non-hydrogen) atoms. The third-order valence-electron chi connectivity index (χ3n) is 5.50. The number of benzene rings is 2. The van der Waals surface area contributed by atoms with E-state index in [4.69, 9.17) is 21.1 Å². The lowest BCUT2D eigenvalue weighted by molar-refractivity contribution is -0.119. The zero-order valence-electron chi connectivity index (χ0n) is 17.4. The summed E-state index contributed by atoms with van der Waals surface area (Å²) in [5, 5.41) is 5.47. The minimum absolute atomic E-state index is 0.113. The van der Waals surface area contributed by atoms with Gasteiger partial charge < -0.3 is 14.8 Å². The van der Waals surface area contributed by atoms with Crippen LogP contribution in [0, 0.1) is 0 Å². The van der Waals surface area contributed by atoms with Crippen LogP contribution < -0.4 is 14.8 Å². The summed E-state index contributed by atoms with van der Waals surface area (Å²) in [4.78, 5) is 17.6. The van der Waals surface area contributed by atoms with Gasteiger partial charge in [-0.05, 0) is 55.3 Å². The Morgan fingerprint density at radius 1 is 1.12 bits per heavy atom. The van der Waals surface area contributed by atoms with Gasteiger partial charge in [-0.1, -0.05) is 11.6 Å². The first-order valence-corrected chi connectivity index (χ1v) is 13.1. The fraction of sp³-hybridized carbons (Fsp3) is 0.273. The number of halogens is 1. The van der Waals surface area contributed by atoms with Crippen LogP contribution in [0.1, 0.15) is 12.8 Å². The number of thiazole rings is 1. The molecule has 1 saturated heterocycles. The smallest absolute Gasteiger partial charge is 0.244 e. The van der Waals surface area contributed by atoms with E-state index in [1.54, 1.807) is 0 Å². The number of carbonyl (C=O) groups is 1. The second kappa shape index (κ2) is 8.94. The summed E-state index contributed by atoms with van der Waals surface area (Å²) in [6, 6.07) is 10.7. The molecular formula is C22H20ClN3O5S2. The lowest BCUT2D eigenvalue weighted by atomic mass is 10.1. The van der Waals surface area contributed by atoms with Crippen molar-refractivity contribution < 1.29 is 22.7 Å². The summed E-state index contributed by atoms with van der Waals surface area (Å²) < 4.78 is 38.6. The second-order valence-corrected chi connectivity index (χ2v) is 10.8. The van der Waals surface area contributed by atoms with E-state index in [2.05, 4.69) is 10.3 Å². The van der Waals surface area contributed by atoms with Gasteiger partial charge in [0.25, 0.3) is 0 Å². The van der Waals surface area contributed by atoms with Crippen LogP contribution in [-0.4, -0.2) is 49.4 Å². The first-order valence-electron chi connectivity index (χ1n) is 10.4. The standard InChI is InChI=1S/C22H20ClN3O5S2/c23-15-4-6-16(7-5-15)33(28,29)26-9-1-2-18(26)21(27)25-22-24-17(13-32-22)14-3-8-19-20(12-14)31-11-10-30-19/h3-8,12-13,18H,1-2,9-11H2,(H,24,25,27). The van der Waals surface area contributed by atoms with E-state index in [1.807, 2.05) is 23.6 Å². The summed E-state index contributed by atoms with van der Waals surface area (Å²) in [5.41, 5.74) is 1.52. The number of ether oxygens (including phenoxy) is 2. The van der Waals surface area contributed by atoms with Gasteiger partial charge in [0.2, 0.25) is 15.9 Å². The zero-order chi connectivity index (χ0) is 23.0. The Labute approximate surface area is 200 Å². The van der Waals surface area contributed by atoms with Crippen LogP contribution in [0.25, 0.3) is 11.3 Å². The molecule has 2 aliphatic rings. The van der Waals surface area contributed by atoms with E-state index in [0.29, 0.717) is 53.4 Å². The van der Waals surface area contributed by atoms with Gasteiger partial charge in [0.15, 0.2) is 16.6 Å². The van der Waals surface area contributed by atoms with Crippen LogP contribution in [-0.2, 0) is 14.8 Å². The van der Waals surface area contributed by atoms with Crippen LogP contribution in [0.2, 0.25) is 5.02 Å². The van der Waals surface area contributed by atoms with Crippen molar-refractivity contribution in [1.29, 1.82) is 0 Å².